The van der Waals surface area contributed by atoms with Crippen LogP contribution in [0.2, 0.25) is 0 Å². The number of unbranched alkanes of at least 4 members (excludes halogenated alkanes) is 2. The van der Waals surface area contributed by atoms with Crippen molar-refractivity contribution in [2.24, 2.45) is 0 Å². The number of quaternary nitrogens is 4. The number of fused-ring (bicyclic) bond motifs is 4. The Labute approximate surface area is 348 Å². The van der Waals surface area contributed by atoms with Crippen molar-refractivity contribution in [1.82, 2.24) is 0 Å². The Morgan fingerprint density at radius 1 is 0.607 bits per heavy atom. The van der Waals surface area contributed by atoms with Crippen molar-refractivity contribution in [2.45, 2.75) is 65.9 Å². The second-order valence-corrected chi connectivity index (χ2v) is 21.4. The maximum atomic E-state index is 9.99. The number of allylic oxidation sites excluding steroid dienone is 4. The Morgan fingerprint density at radius 3 is 1.41 bits per heavy atom. The monoisotopic (exact) mass is 813 g/mol. The zero-order valence-electron chi connectivity index (χ0n) is 37.0. The number of hydrogen-bond donors (Lipinski definition) is 1. The van der Waals surface area contributed by atoms with Crippen LogP contribution >= 0.6 is 23.5 Å². The maximum absolute atomic E-state index is 9.99. The van der Waals surface area contributed by atoms with Gasteiger partial charge < -0.3 is 32.5 Å². The number of benzene rings is 1. The van der Waals surface area contributed by atoms with Crippen molar-refractivity contribution >= 4 is 46.3 Å². The van der Waals surface area contributed by atoms with E-state index in [1.807, 2.05) is 30.4 Å². The van der Waals surface area contributed by atoms with Gasteiger partial charge in [-0.15, -0.1) is 23.5 Å². The topological polar surface area (TPSA) is 44.7 Å². The summed E-state index contributed by atoms with van der Waals surface area (Å²) in [4.78, 5) is 2.70. The first kappa shape index (κ1) is 44.7. The van der Waals surface area contributed by atoms with E-state index in [0.717, 1.165) is 88.0 Å². The molecule has 0 radical (unpaired) electrons. The second kappa shape index (κ2) is 18.7. The van der Waals surface area contributed by atoms with E-state index < -0.39 is 0 Å². The molecule has 2 aliphatic carbocycles. The number of rotatable bonds is 21. The first-order valence-electron chi connectivity index (χ1n) is 21.0. The quantitative estimate of drug-likeness (QED) is 0.0902. The highest BCUT2D eigenvalue weighted by Crippen LogP contribution is 2.48. The van der Waals surface area contributed by atoms with Crippen LogP contribution in [0.1, 0.15) is 39.5 Å². The lowest BCUT2D eigenvalue weighted by atomic mass is 10.1. The molecule has 2 aliphatic heterocycles. The van der Waals surface area contributed by atoms with Crippen LogP contribution in [0.15, 0.2) is 69.9 Å². The van der Waals surface area contributed by atoms with Crippen molar-refractivity contribution in [1.29, 1.82) is 0 Å². The van der Waals surface area contributed by atoms with Gasteiger partial charge in [-0.2, -0.15) is 9.15 Å². The lowest BCUT2D eigenvalue weighted by Gasteiger charge is -2.36. The molecule has 0 fully saturated rings. The molecule has 5 rings (SSSR count). The van der Waals surface area contributed by atoms with Gasteiger partial charge in [0, 0.05) is 50.0 Å². The van der Waals surface area contributed by atoms with E-state index in [-0.39, 0.29) is 16.6 Å². The molecule has 11 heteroatoms. The van der Waals surface area contributed by atoms with Crippen LogP contribution in [0.5, 0.6) is 0 Å². The molecule has 0 aromatic heterocycles. The molecular formula is C45H76N6O3S2+6. The number of likely N-dealkylation sites (N-methyl/N-ethyl adjacent to an activating group) is 4. The fourth-order valence-electron chi connectivity index (χ4n) is 8.14. The summed E-state index contributed by atoms with van der Waals surface area (Å²) in [6.45, 7) is 15.0. The minimum absolute atomic E-state index is 0.213. The van der Waals surface area contributed by atoms with Crippen LogP contribution in [-0.2, 0) is 9.47 Å². The van der Waals surface area contributed by atoms with E-state index in [1.54, 1.807) is 14.2 Å². The van der Waals surface area contributed by atoms with Crippen LogP contribution in [0.3, 0.4) is 0 Å². The number of nitrogens with zero attached hydrogens (tertiary/aromatic N) is 6. The highest BCUT2D eigenvalue weighted by atomic mass is 32.2. The smallest absolute Gasteiger partial charge is 0.220 e. The van der Waals surface area contributed by atoms with Gasteiger partial charge in [0.25, 0.3) is 0 Å². The van der Waals surface area contributed by atoms with Gasteiger partial charge in [-0.3, -0.25) is 0 Å². The summed E-state index contributed by atoms with van der Waals surface area (Å²) < 4.78 is 20.7. The molecule has 3 atom stereocenters. The normalized spacial score (nSPS) is 20.2. The van der Waals surface area contributed by atoms with Crippen LogP contribution in [0, 0.1) is 0 Å². The summed E-state index contributed by atoms with van der Waals surface area (Å²) in [7, 11) is 22.2. The van der Waals surface area contributed by atoms with Crippen molar-refractivity contribution in [3.8, 4) is 0 Å². The van der Waals surface area contributed by atoms with E-state index in [9.17, 15) is 5.11 Å². The summed E-state index contributed by atoms with van der Waals surface area (Å²) >= 11 is 3.92. The van der Waals surface area contributed by atoms with Crippen LogP contribution in [-0.4, -0.2) is 196 Å². The van der Waals surface area contributed by atoms with Gasteiger partial charge in [-0.1, -0.05) is 0 Å². The Hall–Kier alpha value is -2.38. The molecule has 1 N–H and O–H groups in total. The molecule has 0 spiro atoms. The molecule has 4 aliphatic rings. The van der Waals surface area contributed by atoms with Gasteiger partial charge in [0.1, 0.15) is 73.9 Å². The minimum atomic E-state index is -0.281. The summed E-state index contributed by atoms with van der Waals surface area (Å²) in [5.41, 5.74) is 5.38. The molecule has 1 aromatic carbocycles. The summed E-state index contributed by atoms with van der Waals surface area (Å²) in [6, 6.07) is 4.99. The fourth-order valence-corrected chi connectivity index (χ4v) is 10.7. The zero-order chi connectivity index (χ0) is 40.9. The van der Waals surface area contributed by atoms with E-state index in [2.05, 4.69) is 121 Å². The highest BCUT2D eigenvalue weighted by molar-refractivity contribution is 8.01. The molecule has 0 amide bonds. The van der Waals surface area contributed by atoms with Crippen LogP contribution in [0.25, 0.3) is 0 Å². The van der Waals surface area contributed by atoms with Crippen molar-refractivity contribution in [2.75, 3.05) is 136 Å². The number of ether oxygens (including phenoxy) is 2. The summed E-state index contributed by atoms with van der Waals surface area (Å²) in [5.74, 6) is 1.88. The van der Waals surface area contributed by atoms with Crippen LogP contribution < -0.4 is 0 Å². The van der Waals surface area contributed by atoms with Gasteiger partial charge >= 0.3 is 0 Å². The van der Waals surface area contributed by atoms with E-state index in [0.29, 0.717) is 0 Å². The predicted octanol–water partition coefficient (Wildman–Crippen LogP) is 6.27. The third-order valence-electron chi connectivity index (χ3n) is 12.3. The molecule has 0 saturated heterocycles. The number of methoxy groups -OCH3 is 2. The molecule has 1 aromatic rings. The highest BCUT2D eigenvalue weighted by Gasteiger charge is 2.41. The molecule has 2 heterocycles. The number of aliphatic hydroxyl groups excluding tert-OH is 1. The summed E-state index contributed by atoms with van der Waals surface area (Å²) in [5, 5.41) is 10.4. The predicted molar refractivity (Wildman–Crippen MR) is 237 cm³/mol. The molecule has 56 heavy (non-hydrogen) atoms. The molecule has 9 nitrogen and oxygen atoms in total. The standard InChI is InChI=1S/C45H76N6O3S2/c1-13-48(3,4)26-27-49(5,6)24-16-14-22-46-38-20-18-36(53-11)30-42(38)55-44-33-41-45(32-40(44)46)56-43-31-37(54-12)19-21-39(43)47(41)23-15-17-25-50(7,8)28-29-51(9,10)34-35(2)52/h18-21,30-33,35,42-43,52H,13-17,22-29,34H2,1-12H3/q+6. The van der Waals surface area contributed by atoms with Gasteiger partial charge in [0.15, 0.2) is 11.4 Å². The van der Waals surface area contributed by atoms with Crippen LogP contribution in [0.4, 0.5) is 11.4 Å². The lowest BCUT2D eigenvalue weighted by Crippen LogP contribution is -2.53. The van der Waals surface area contributed by atoms with E-state index >= 15 is 0 Å². The van der Waals surface area contributed by atoms with Gasteiger partial charge in [0.05, 0.1) is 100 Å². The third-order valence-corrected chi connectivity index (χ3v) is 14.7. The maximum Gasteiger partial charge on any atom is 0.220 e. The SMILES string of the molecule is CC[N+](C)(C)CC[N+](C)(C)CCCC[N+]1=C2C=CC(OC)=CC2Sc2cc3c(cc21)SC1C=C(OC)C=CC1=[N+]3CCCC[N+](C)(C)CC[N+](C)(C)CC(C)O. The Kier molecular flexibility index (Phi) is 14.9. The minimum Gasteiger partial charge on any atom is -0.497 e. The summed E-state index contributed by atoms with van der Waals surface area (Å²) in [6.07, 6.45) is 17.8. The zero-order valence-corrected chi connectivity index (χ0v) is 38.6. The first-order valence-corrected chi connectivity index (χ1v) is 22.7. The largest absolute Gasteiger partial charge is 0.497 e. The molecular weight excluding hydrogens is 737 g/mol. The molecule has 0 bridgehead atoms. The first-order chi connectivity index (χ1) is 26.3. The van der Waals surface area contributed by atoms with Gasteiger partial charge in [-0.25, -0.2) is 0 Å². The number of aliphatic hydroxyl groups is 1. The molecule has 3 unspecified atom stereocenters. The van der Waals surface area contributed by atoms with Crippen molar-refractivity contribution in [3.63, 3.8) is 0 Å². The van der Waals surface area contributed by atoms with Crippen molar-refractivity contribution < 1.29 is 41.7 Å². The average molecular weight is 813 g/mol. The molecule has 0 saturated carbocycles. The third kappa shape index (κ3) is 11.9. The van der Waals surface area contributed by atoms with Gasteiger partial charge in [0.2, 0.25) is 11.4 Å². The Balaban J connectivity index is 1.37. The number of hydrogen-bond acceptors (Lipinski definition) is 5. The van der Waals surface area contributed by atoms with E-state index in [4.69, 9.17) is 9.47 Å². The lowest BCUT2D eigenvalue weighted by molar-refractivity contribution is -0.947. The molecule has 310 valence electrons. The average Bonchev–Trinajstić information content (AvgIpc) is 3.14. The Bertz CT molecular complexity index is 1750. The fraction of sp³-hybridized carbons (Fsp3) is 0.644. The van der Waals surface area contributed by atoms with Crippen molar-refractivity contribution in [3.05, 3.63) is 60.1 Å². The second-order valence-electron chi connectivity index (χ2n) is 19.1. The van der Waals surface area contributed by atoms with Gasteiger partial charge in [-0.05, 0) is 38.2 Å². The Morgan fingerprint density at radius 2 is 1.02 bits per heavy atom. The van der Waals surface area contributed by atoms with E-state index in [1.165, 1.54) is 65.2 Å². The number of thioether (sulfide) groups is 2.